The third-order valence-electron chi connectivity index (χ3n) is 6.84. The standard InChI is InChI=1S/C29H31F2N5O5/c1-29(2,3)23-16-22(34(4)33-23)28(41)36-13-12-35(27(40)18-6-5-7-20(31)14-18)26(36)25(39)32-21(15-24(37)38)17-8-10-19(30)11-9-17/h5-11,14,16,21,26H,12-13,15H2,1-4H3,(H,32,39)(H,37,38). The largest absolute Gasteiger partial charge is 0.481 e. The number of carboxylic acid groups (broad SMARTS) is 1. The van der Waals surface area contributed by atoms with E-state index in [0.29, 0.717) is 11.3 Å². The van der Waals surface area contributed by atoms with Crippen LogP contribution in [0.1, 0.15) is 65.3 Å². The van der Waals surface area contributed by atoms with Crippen molar-refractivity contribution >= 4 is 23.7 Å². The Morgan fingerprint density at radius 3 is 2.17 bits per heavy atom. The fraction of sp³-hybridized carbons (Fsp3) is 0.345. The third-order valence-corrected chi connectivity index (χ3v) is 6.84. The van der Waals surface area contributed by atoms with Crippen molar-refractivity contribution in [3.05, 3.63) is 88.7 Å². The average Bonchev–Trinajstić information content (AvgIpc) is 3.52. The molecule has 1 fully saturated rings. The number of carbonyl (C=O) groups excluding carboxylic acids is 3. The van der Waals surface area contributed by atoms with Gasteiger partial charge in [-0.3, -0.25) is 23.9 Å². The first kappa shape index (κ1) is 29.4. The molecule has 216 valence electrons. The number of nitrogens with zero attached hydrogens (tertiary/aromatic N) is 4. The number of nitrogens with one attached hydrogen (secondary N) is 1. The highest BCUT2D eigenvalue weighted by atomic mass is 19.1. The molecule has 1 aromatic heterocycles. The molecule has 3 aromatic rings. The minimum atomic E-state index is -1.48. The summed E-state index contributed by atoms with van der Waals surface area (Å²) in [5, 5.41) is 16.5. The maximum atomic E-state index is 13.9. The Kier molecular flexibility index (Phi) is 8.22. The summed E-state index contributed by atoms with van der Waals surface area (Å²) in [6.07, 6.45) is -2.02. The summed E-state index contributed by atoms with van der Waals surface area (Å²) in [7, 11) is 1.60. The van der Waals surface area contributed by atoms with Gasteiger partial charge in [0, 0.05) is 31.1 Å². The van der Waals surface area contributed by atoms with Crippen LogP contribution in [0.3, 0.4) is 0 Å². The molecule has 4 rings (SSSR count). The molecular formula is C29H31F2N5O5. The number of amides is 3. The van der Waals surface area contributed by atoms with E-state index < -0.39 is 54.0 Å². The van der Waals surface area contributed by atoms with Gasteiger partial charge in [0.2, 0.25) is 0 Å². The average molecular weight is 568 g/mol. The zero-order chi connectivity index (χ0) is 30.1. The second-order valence-electron chi connectivity index (χ2n) is 10.9. The summed E-state index contributed by atoms with van der Waals surface area (Å²) in [5.41, 5.74) is 0.773. The second-order valence-corrected chi connectivity index (χ2v) is 10.9. The first-order valence-corrected chi connectivity index (χ1v) is 13.0. The SMILES string of the molecule is Cn1nc(C(C)(C)C)cc1C(=O)N1CCN(C(=O)c2cccc(F)c2)C1C(=O)NC(CC(=O)O)c1ccc(F)cc1. The molecule has 12 heteroatoms. The van der Waals surface area contributed by atoms with Crippen molar-refractivity contribution < 1.29 is 33.1 Å². The molecule has 0 spiro atoms. The van der Waals surface area contributed by atoms with Crippen LogP contribution in [0, 0.1) is 11.6 Å². The van der Waals surface area contributed by atoms with E-state index in [1.165, 1.54) is 39.9 Å². The van der Waals surface area contributed by atoms with Gasteiger partial charge in [-0.1, -0.05) is 39.0 Å². The van der Waals surface area contributed by atoms with Gasteiger partial charge in [-0.2, -0.15) is 5.10 Å². The van der Waals surface area contributed by atoms with Crippen molar-refractivity contribution in [3.8, 4) is 0 Å². The number of carbonyl (C=O) groups is 4. The molecule has 0 saturated carbocycles. The van der Waals surface area contributed by atoms with Gasteiger partial charge in [0.15, 0.2) is 6.17 Å². The van der Waals surface area contributed by atoms with E-state index in [0.717, 1.165) is 23.1 Å². The normalized spacial score (nSPS) is 16.0. The van der Waals surface area contributed by atoms with E-state index in [-0.39, 0.29) is 29.8 Å². The van der Waals surface area contributed by atoms with Gasteiger partial charge in [0.1, 0.15) is 17.3 Å². The topological polar surface area (TPSA) is 125 Å². The Balaban J connectivity index is 1.71. The van der Waals surface area contributed by atoms with Gasteiger partial charge in [0.25, 0.3) is 17.7 Å². The summed E-state index contributed by atoms with van der Waals surface area (Å²) in [5.74, 6) is -4.49. The summed E-state index contributed by atoms with van der Waals surface area (Å²) in [4.78, 5) is 55.1. The molecule has 0 bridgehead atoms. The Bertz CT molecular complexity index is 1480. The lowest BCUT2D eigenvalue weighted by molar-refractivity contribution is -0.138. The van der Waals surface area contributed by atoms with E-state index in [1.54, 1.807) is 13.1 Å². The Morgan fingerprint density at radius 2 is 1.61 bits per heavy atom. The van der Waals surface area contributed by atoms with Crippen LogP contribution in [0.2, 0.25) is 0 Å². The van der Waals surface area contributed by atoms with Crippen LogP contribution in [0.4, 0.5) is 8.78 Å². The van der Waals surface area contributed by atoms with E-state index in [9.17, 15) is 33.1 Å². The molecule has 3 amide bonds. The Morgan fingerprint density at radius 1 is 0.976 bits per heavy atom. The molecule has 1 aliphatic heterocycles. The molecule has 2 heterocycles. The number of hydrogen-bond donors (Lipinski definition) is 2. The number of rotatable bonds is 7. The summed E-state index contributed by atoms with van der Waals surface area (Å²) < 4.78 is 28.9. The van der Waals surface area contributed by atoms with Crippen LogP contribution in [-0.2, 0) is 22.1 Å². The quantitative estimate of drug-likeness (QED) is 0.452. The van der Waals surface area contributed by atoms with Crippen LogP contribution in [-0.4, -0.2) is 67.6 Å². The highest BCUT2D eigenvalue weighted by molar-refractivity contribution is 6.01. The van der Waals surface area contributed by atoms with E-state index >= 15 is 0 Å². The van der Waals surface area contributed by atoms with E-state index in [2.05, 4.69) is 10.4 Å². The van der Waals surface area contributed by atoms with Crippen molar-refractivity contribution in [1.29, 1.82) is 0 Å². The minimum absolute atomic E-state index is 0.0197. The lowest BCUT2D eigenvalue weighted by Crippen LogP contribution is -2.54. The number of aromatic nitrogens is 2. The number of aryl methyl sites for hydroxylation is 1. The minimum Gasteiger partial charge on any atom is -0.481 e. The van der Waals surface area contributed by atoms with Crippen LogP contribution in [0.25, 0.3) is 0 Å². The van der Waals surface area contributed by atoms with Crippen LogP contribution in [0.15, 0.2) is 54.6 Å². The Hall–Kier alpha value is -4.61. The van der Waals surface area contributed by atoms with Crippen molar-refractivity contribution in [2.24, 2.45) is 7.05 Å². The molecule has 2 N–H and O–H groups in total. The van der Waals surface area contributed by atoms with Crippen molar-refractivity contribution in [2.45, 2.75) is 44.8 Å². The van der Waals surface area contributed by atoms with Crippen LogP contribution in [0.5, 0.6) is 0 Å². The molecule has 2 unspecified atom stereocenters. The van der Waals surface area contributed by atoms with Gasteiger partial charge < -0.3 is 20.2 Å². The number of halogens is 2. The lowest BCUT2D eigenvalue weighted by Gasteiger charge is -2.31. The maximum Gasteiger partial charge on any atom is 0.305 e. The van der Waals surface area contributed by atoms with Crippen molar-refractivity contribution in [2.75, 3.05) is 13.1 Å². The molecular weight excluding hydrogens is 536 g/mol. The van der Waals surface area contributed by atoms with E-state index in [1.807, 2.05) is 20.8 Å². The van der Waals surface area contributed by atoms with Gasteiger partial charge in [-0.05, 0) is 42.0 Å². The fourth-order valence-corrected chi connectivity index (χ4v) is 4.67. The molecule has 1 saturated heterocycles. The summed E-state index contributed by atoms with van der Waals surface area (Å²) >= 11 is 0. The maximum absolute atomic E-state index is 13.9. The first-order chi connectivity index (χ1) is 19.3. The zero-order valence-electron chi connectivity index (χ0n) is 23.1. The first-order valence-electron chi connectivity index (χ1n) is 13.0. The number of aliphatic carboxylic acids is 1. The second kappa shape index (κ2) is 11.5. The number of hydrogen-bond acceptors (Lipinski definition) is 5. The molecule has 1 aliphatic rings. The van der Waals surface area contributed by atoms with Gasteiger partial charge in [-0.15, -0.1) is 0 Å². The fourth-order valence-electron chi connectivity index (χ4n) is 4.67. The van der Waals surface area contributed by atoms with Crippen LogP contribution >= 0.6 is 0 Å². The molecule has 2 atom stereocenters. The van der Waals surface area contributed by atoms with E-state index in [4.69, 9.17) is 0 Å². The number of carboxylic acids is 1. The highest BCUT2D eigenvalue weighted by Gasteiger charge is 2.44. The predicted octanol–water partition coefficient (Wildman–Crippen LogP) is 3.25. The van der Waals surface area contributed by atoms with Crippen LogP contribution < -0.4 is 5.32 Å². The summed E-state index contributed by atoms with van der Waals surface area (Å²) in [6, 6.07) is 10.5. The predicted molar refractivity (Wildman–Crippen MR) is 144 cm³/mol. The molecule has 2 aromatic carbocycles. The van der Waals surface area contributed by atoms with Crippen molar-refractivity contribution in [3.63, 3.8) is 0 Å². The molecule has 0 aliphatic carbocycles. The van der Waals surface area contributed by atoms with Gasteiger partial charge in [0.05, 0.1) is 18.2 Å². The third kappa shape index (κ3) is 6.42. The van der Waals surface area contributed by atoms with Gasteiger partial charge in [-0.25, -0.2) is 8.78 Å². The lowest BCUT2D eigenvalue weighted by atomic mass is 9.92. The smallest absolute Gasteiger partial charge is 0.305 e. The van der Waals surface area contributed by atoms with Gasteiger partial charge >= 0.3 is 5.97 Å². The highest BCUT2D eigenvalue weighted by Crippen LogP contribution is 2.26. The monoisotopic (exact) mass is 567 g/mol. The molecule has 0 radical (unpaired) electrons. The Labute approximate surface area is 235 Å². The summed E-state index contributed by atoms with van der Waals surface area (Å²) in [6.45, 7) is 5.75. The molecule has 41 heavy (non-hydrogen) atoms. The number of benzene rings is 2. The molecule has 10 nitrogen and oxygen atoms in total. The zero-order valence-corrected chi connectivity index (χ0v) is 23.1. The van der Waals surface area contributed by atoms with Crippen molar-refractivity contribution in [1.82, 2.24) is 24.9 Å².